The summed E-state index contributed by atoms with van der Waals surface area (Å²) in [6.45, 7) is 3.10. The molecule has 1 aliphatic rings. The first kappa shape index (κ1) is 18.8. The maximum absolute atomic E-state index is 12.1. The lowest BCUT2D eigenvalue weighted by Gasteiger charge is -2.31. The van der Waals surface area contributed by atoms with Crippen molar-refractivity contribution >= 4 is 17.6 Å². The molecule has 4 N–H and O–H groups in total. The van der Waals surface area contributed by atoms with Crippen molar-refractivity contribution in [2.24, 2.45) is 11.7 Å². The van der Waals surface area contributed by atoms with E-state index < -0.39 is 0 Å². The molecule has 27 heavy (non-hydrogen) atoms. The number of rotatable bonds is 7. The second kappa shape index (κ2) is 9.13. The number of hydrogen-bond acceptors (Lipinski definition) is 5. The van der Waals surface area contributed by atoms with Crippen molar-refractivity contribution in [3.8, 4) is 5.69 Å². The molecule has 1 aliphatic heterocycles. The van der Waals surface area contributed by atoms with E-state index in [0.717, 1.165) is 44.6 Å². The number of aromatic nitrogens is 3. The summed E-state index contributed by atoms with van der Waals surface area (Å²) in [6.07, 6.45) is 5.74. The lowest BCUT2D eigenvalue weighted by atomic mass is 9.97. The molecule has 1 aromatic heterocycles. The Morgan fingerprint density at radius 2 is 2.22 bits per heavy atom. The molecule has 1 fully saturated rings. The number of carbonyl (C=O) groups is 2. The highest BCUT2D eigenvalue weighted by Gasteiger charge is 2.23. The van der Waals surface area contributed by atoms with Crippen molar-refractivity contribution in [2.75, 3.05) is 31.5 Å². The number of piperidine rings is 1. The molecule has 0 spiro atoms. The molecular formula is C18H25N7O2. The largest absolute Gasteiger partial charge is 0.369 e. The van der Waals surface area contributed by atoms with Gasteiger partial charge in [-0.05, 0) is 50.6 Å². The van der Waals surface area contributed by atoms with Crippen molar-refractivity contribution in [3.05, 3.63) is 36.9 Å². The Morgan fingerprint density at radius 1 is 1.33 bits per heavy atom. The van der Waals surface area contributed by atoms with Crippen LogP contribution >= 0.6 is 0 Å². The highest BCUT2D eigenvalue weighted by atomic mass is 16.2. The molecule has 144 valence electrons. The summed E-state index contributed by atoms with van der Waals surface area (Å²) in [4.78, 5) is 29.5. The maximum Gasteiger partial charge on any atom is 0.319 e. The molecule has 9 heteroatoms. The number of nitrogens with two attached hydrogens (primary N) is 1. The summed E-state index contributed by atoms with van der Waals surface area (Å²) in [5, 5.41) is 9.75. The quantitative estimate of drug-likeness (QED) is 0.627. The minimum Gasteiger partial charge on any atom is -0.369 e. The van der Waals surface area contributed by atoms with Gasteiger partial charge in [0.2, 0.25) is 5.91 Å². The molecule has 1 aromatic carbocycles. The van der Waals surface area contributed by atoms with Crippen LogP contribution in [0.4, 0.5) is 10.5 Å². The van der Waals surface area contributed by atoms with E-state index in [4.69, 9.17) is 5.73 Å². The first-order valence-electron chi connectivity index (χ1n) is 9.13. The molecule has 0 radical (unpaired) electrons. The molecule has 3 amide bonds. The van der Waals surface area contributed by atoms with Gasteiger partial charge in [-0.2, -0.15) is 5.10 Å². The van der Waals surface area contributed by atoms with Crippen molar-refractivity contribution in [2.45, 2.75) is 19.3 Å². The predicted molar refractivity (Wildman–Crippen MR) is 101 cm³/mol. The van der Waals surface area contributed by atoms with Crippen LogP contribution in [0.15, 0.2) is 36.9 Å². The third kappa shape index (κ3) is 5.52. The summed E-state index contributed by atoms with van der Waals surface area (Å²) in [7, 11) is 0. The second-order valence-electron chi connectivity index (χ2n) is 6.67. The van der Waals surface area contributed by atoms with E-state index in [1.165, 1.54) is 6.33 Å². The van der Waals surface area contributed by atoms with Gasteiger partial charge in [0, 0.05) is 18.8 Å². The fourth-order valence-corrected chi connectivity index (χ4v) is 3.24. The van der Waals surface area contributed by atoms with E-state index in [1.54, 1.807) is 11.0 Å². The Balaban J connectivity index is 1.39. The number of likely N-dealkylation sites (tertiary alicyclic amines) is 1. The van der Waals surface area contributed by atoms with E-state index in [2.05, 4.69) is 25.6 Å². The Hall–Kier alpha value is -2.94. The molecule has 1 atom stereocenters. The van der Waals surface area contributed by atoms with Crippen molar-refractivity contribution in [1.82, 2.24) is 25.0 Å². The lowest BCUT2D eigenvalue weighted by molar-refractivity contribution is -0.123. The number of nitrogens with zero attached hydrogens (tertiary/aromatic N) is 4. The zero-order chi connectivity index (χ0) is 19.1. The van der Waals surface area contributed by atoms with Crippen LogP contribution in [0.25, 0.3) is 5.69 Å². The van der Waals surface area contributed by atoms with Crippen LogP contribution in [0.3, 0.4) is 0 Å². The van der Waals surface area contributed by atoms with E-state index in [9.17, 15) is 9.59 Å². The maximum atomic E-state index is 12.1. The zero-order valence-corrected chi connectivity index (χ0v) is 15.2. The highest BCUT2D eigenvalue weighted by molar-refractivity contribution is 5.89. The van der Waals surface area contributed by atoms with Crippen LogP contribution in [0.1, 0.15) is 19.3 Å². The van der Waals surface area contributed by atoms with Gasteiger partial charge in [0.25, 0.3) is 0 Å². The average Bonchev–Trinajstić information content (AvgIpc) is 3.20. The molecule has 0 saturated carbocycles. The van der Waals surface area contributed by atoms with E-state index in [1.807, 2.05) is 24.3 Å². The normalized spacial score (nSPS) is 17.4. The monoisotopic (exact) mass is 371 g/mol. The standard InChI is InChI=1S/C18H25N7O2/c19-17(26)14-4-2-8-24(11-14)9-3-7-21-18(27)23-15-5-1-6-16(10-15)25-13-20-12-22-25/h1,5-6,10,12-14H,2-4,7-9,11H2,(H2,19,26)(H2,21,23,27)/t14-/m1/s1. The Bertz CT molecular complexity index is 763. The molecule has 0 unspecified atom stereocenters. The average molecular weight is 371 g/mol. The topological polar surface area (TPSA) is 118 Å². The molecule has 2 aromatic rings. The summed E-state index contributed by atoms with van der Waals surface area (Å²) < 4.78 is 1.63. The van der Waals surface area contributed by atoms with Crippen LogP contribution < -0.4 is 16.4 Å². The van der Waals surface area contributed by atoms with Crippen molar-refractivity contribution in [3.63, 3.8) is 0 Å². The molecule has 9 nitrogen and oxygen atoms in total. The van der Waals surface area contributed by atoms with Crippen LogP contribution in [-0.2, 0) is 4.79 Å². The van der Waals surface area contributed by atoms with Gasteiger partial charge < -0.3 is 21.3 Å². The first-order chi connectivity index (χ1) is 13.1. The zero-order valence-electron chi connectivity index (χ0n) is 15.2. The molecule has 3 rings (SSSR count). The molecule has 0 bridgehead atoms. The van der Waals surface area contributed by atoms with Gasteiger partial charge in [0.05, 0.1) is 11.6 Å². The van der Waals surface area contributed by atoms with Gasteiger partial charge in [-0.15, -0.1) is 0 Å². The predicted octanol–water partition coefficient (Wildman–Crippen LogP) is 0.976. The number of hydrogen-bond donors (Lipinski definition) is 3. The summed E-state index contributed by atoms with van der Waals surface area (Å²) in [5.74, 6) is -0.266. The van der Waals surface area contributed by atoms with Crippen LogP contribution in [0, 0.1) is 5.92 Å². The minimum atomic E-state index is -0.251. The highest BCUT2D eigenvalue weighted by Crippen LogP contribution is 2.16. The van der Waals surface area contributed by atoms with E-state index in [-0.39, 0.29) is 17.9 Å². The molecule has 1 saturated heterocycles. The van der Waals surface area contributed by atoms with Gasteiger partial charge in [-0.1, -0.05) is 6.07 Å². The van der Waals surface area contributed by atoms with Gasteiger partial charge >= 0.3 is 6.03 Å². The minimum absolute atomic E-state index is 0.0488. The van der Waals surface area contributed by atoms with Crippen molar-refractivity contribution < 1.29 is 9.59 Å². The van der Waals surface area contributed by atoms with Crippen LogP contribution in [-0.4, -0.2) is 57.8 Å². The SMILES string of the molecule is NC(=O)[C@@H]1CCCN(CCCNC(=O)Nc2cccc(-n3cncn3)c2)C1. The van der Waals surface area contributed by atoms with Crippen LogP contribution in [0.2, 0.25) is 0 Å². The fraction of sp³-hybridized carbons (Fsp3) is 0.444. The molecular weight excluding hydrogens is 346 g/mol. The van der Waals surface area contributed by atoms with E-state index >= 15 is 0 Å². The number of nitrogens with one attached hydrogen (secondary N) is 2. The number of anilines is 1. The van der Waals surface area contributed by atoms with Gasteiger partial charge in [0.15, 0.2) is 0 Å². The third-order valence-corrected chi connectivity index (χ3v) is 4.63. The number of primary amides is 1. The number of benzene rings is 1. The Kier molecular flexibility index (Phi) is 6.37. The van der Waals surface area contributed by atoms with Gasteiger partial charge in [-0.3, -0.25) is 4.79 Å². The summed E-state index contributed by atoms with van der Waals surface area (Å²) in [5.41, 5.74) is 6.90. The van der Waals surface area contributed by atoms with Crippen molar-refractivity contribution in [1.29, 1.82) is 0 Å². The van der Waals surface area contributed by atoms with E-state index in [0.29, 0.717) is 12.2 Å². The fourth-order valence-electron chi connectivity index (χ4n) is 3.24. The number of carbonyl (C=O) groups excluding carboxylic acids is 2. The smallest absolute Gasteiger partial charge is 0.319 e. The summed E-state index contributed by atoms with van der Waals surface area (Å²) in [6, 6.07) is 7.12. The first-order valence-corrected chi connectivity index (χ1v) is 9.13. The Labute approximate surface area is 157 Å². The lowest BCUT2D eigenvalue weighted by Crippen LogP contribution is -2.42. The van der Waals surface area contributed by atoms with Gasteiger partial charge in [0.1, 0.15) is 12.7 Å². The number of amides is 3. The Morgan fingerprint density at radius 3 is 3.00 bits per heavy atom. The third-order valence-electron chi connectivity index (χ3n) is 4.63. The van der Waals surface area contributed by atoms with Gasteiger partial charge in [-0.25, -0.2) is 14.5 Å². The molecule has 2 heterocycles. The van der Waals surface area contributed by atoms with Crippen LogP contribution in [0.5, 0.6) is 0 Å². The summed E-state index contributed by atoms with van der Waals surface area (Å²) >= 11 is 0. The molecule has 0 aliphatic carbocycles. The second-order valence-corrected chi connectivity index (χ2v) is 6.67. The number of urea groups is 1.